The Morgan fingerprint density at radius 3 is 1.36 bits per heavy atom. The lowest BCUT2D eigenvalue weighted by Crippen LogP contribution is -2.33. The van der Waals surface area contributed by atoms with E-state index >= 15 is 0 Å². The highest BCUT2D eigenvalue weighted by Crippen LogP contribution is 2.32. The van der Waals surface area contributed by atoms with Gasteiger partial charge in [0.1, 0.15) is 41.5 Å². The maximum atomic E-state index is 14.6. The van der Waals surface area contributed by atoms with Crippen molar-refractivity contribution in [3.05, 3.63) is 108 Å². The molecule has 3 fully saturated rings. The number of amides is 6. The van der Waals surface area contributed by atoms with Crippen molar-refractivity contribution in [2.24, 2.45) is 0 Å². The molecule has 3 atom stereocenters. The lowest BCUT2D eigenvalue weighted by atomic mass is 10.2. The molecule has 21 nitrogen and oxygen atoms in total. The Morgan fingerprint density at radius 2 is 0.987 bits per heavy atom. The van der Waals surface area contributed by atoms with Gasteiger partial charge in [0.25, 0.3) is 5.89 Å². The van der Waals surface area contributed by atoms with E-state index in [0.717, 1.165) is 29.1 Å². The van der Waals surface area contributed by atoms with Gasteiger partial charge in [-0.2, -0.15) is 4.98 Å². The molecule has 414 valence electrons. The predicted octanol–water partition coefficient (Wildman–Crippen LogP) is 7.15. The Morgan fingerprint density at radius 1 is 0.590 bits per heavy atom. The number of nitrogens with one attached hydrogen (secondary N) is 3. The van der Waals surface area contributed by atoms with E-state index in [9.17, 15) is 51.5 Å². The van der Waals surface area contributed by atoms with Gasteiger partial charge in [0.05, 0.1) is 80.7 Å². The van der Waals surface area contributed by atoms with E-state index in [4.69, 9.17) is 18.7 Å². The number of ether oxygens (including phenoxy) is 4. The molecule has 0 radical (unpaired) electrons. The van der Waals surface area contributed by atoms with Crippen LogP contribution in [0.1, 0.15) is 33.5 Å². The number of cyclic esters (lactones) is 3. The van der Waals surface area contributed by atoms with E-state index in [1.807, 2.05) is 30.3 Å². The summed E-state index contributed by atoms with van der Waals surface area (Å²) in [6.07, 6.45) is -3.19. The Kier molecular flexibility index (Phi) is 21.8. The first kappa shape index (κ1) is 59.5. The second-order valence-corrected chi connectivity index (χ2v) is 20.1. The molecule has 78 heavy (non-hydrogen) atoms. The lowest BCUT2D eigenvalue weighted by molar-refractivity contribution is -0.137. The normalized spacial score (nSPS) is 16.4. The van der Waals surface area contributed by atoms with Gasteiger partial charge in [0.2, 0.25) is 17.7 Å². The maximum absolute atomic E-state index is 14.6. The summed E-state index contributed by atoms with van der Waals surface area (Å²) in [5.41, 5.74) is 1.94. The summed E-state index contributed by atoms with van der Waals surface area (Å²) in [6.45, 7) is 6.88. The van der Waals surface area contributed by atoms with Crippen LogP contribution in [0, 0.1) is 17.5 Å². The van der Waals surface area contributed by atoms with Gasteiger partial charge in [-0.15, -0.1) is 35.3 Å². The van der Waals surface area contributed by atoms with Crippen molar-refractivity contribution in [2.75, 3.05) is 72.6 Å². The van der Waals surface area contributed by atoms with Crippen LogP contribution in [0.3, 0.4) is 0 Å². The number of anilines is 3. The molecule has 6 amide bonds. The average Bonchev–Trinajstić information content (AvgIpc) is 4.27. The molecule has 0 saturated carbocycles. The number of aromatic nitrogens is 2. The first-order chi connectivity index (χ1) is 37.3. The van der Waals surface area contributed by atoms with Crippen LogP contribution in [-0.2, 0) is 48.7 Å². The quantitative estimate of drug-likeness (QED) is 0.0421. The Labute approximate surface area is 458 Å². The zero-order valence-electron chi connectivity index (χ0n) is 42.6. The first-order valence-electron chi connectivity index (χ1n) is 23.7. The smallest absolute Gasteiger partial charge is 0.414 e. The van der Waals surface area contributed by atoms with Gasteiger partial charge in [-0.05, 0) is 73.7 Å². The minimum Gasteiger partial charge on any atom is -0.468 e. The topological polar surface area (TPSA) is 258 Å². The van der Waals surface area contributed by atoms with E-state index in [1.54, 1.807) is 24.3 Å². The van der Waals surface area contributed by atoms with Crippen LogP contribution in [0.5, 0.6) is 0 Å². The monoisotopic (exact) mass is 1140 g/mol. The molecule has 1 aromatic heterocycles. The molecule has 3 aliphatic heterocycles. The highest BCUT2D eigenvalue weighted by Gasteiger charge is 2.35. The largest absolute Gasteiger partial charge is 0.468 e. The van der Waals surface area contributed by atoms with Crippen molar-refractivity contribution in [1.29, 1.82) is 0 Å². The summed E-state index contributed by atoms with van der Waals surface area (Å²) in [4.78, 5) is 100. The number of thioether (sulfide) groups is 3. The highest BCUT2D eigenvalue weighted by atomic mass is 32.2. The van der Waals surface area contributed by atoms with Crippen molar-refractivity contribution in [3.8, 4) is 11.5 Å². The van der Waals surface area contributed by atoms with Crippen LogP contribution in [0.2, 0.25) is 0 Å². The van der Waals surface area contributed by atoms with Crippen molar-refractivity contribution in [3.63, 3.8) is 0 Å². The van der Waals surface area contributed by atoms with Crippen LogP contribution in [0.25, 0.3) is 11.5 Å². The molecule has 0 spiro atoms. The van der Waals surface area contributed by atoms with Crippen molar-refractivity contribution in [2.45, 2.75) is 66.4 Å². The Bertz CT molecular complexity index is 3000. The maximum Gasteiger partial charge on any atom is 0.414 e. The molecule has 4 aromatic carbocycles. The van der Waals surface area contributed by atoms with Gasteiger partial charge in [-0.25, -0.2) is 27.6 Å². The number of ketones is 1. The second-order valence-electron chi connectivity index (χ2n) is 17.0. The summed E-state index contributed by atoms with van der Waals surface area (Å²) in [5.74, 6) is -1.24. The number of hydrogen-bond donors (Lipinski definition) is 3. The van der Waals surface area contributed by atoms with Gasteiger partial charge in [-0.3, -0.25) is 38.7 Å². The van der Waals surface area contributed by atoms with E-state index in [0.29, 0.717) is 44.3 Å². The molecular formula is C51H53F3N8O13S3. The fraction of sp³-hybridized carbons (Fsp3) is 0.333. The number of benzene rings is 4. The number of rotatable bonds is 19. The summed E-state index contributed by atoms with van der Waals surface area (Å²) in [7, 11) is 1.26. The SMILES string of the molecule is CC(=O)CSc1ccc(N2C[C@H](CNC(C)=O)OC2=O)cc1F.CC(=O)NC[C@H]1CN(c2ccc(SCc3noc(-c4ccccc4)n3)c(F)c2)C(=O)O1.COC(=O)CSc1ccc(N2C[C@H](CNC(C)=O)OC2=O)cc1F. The fourth-order valence-electron chi connectivity index (χ4n) is 7.14. The third-order valence-corrected chi connectivity index (χ3v) is 14.1. The van der Waals surface area contributed by atoms with Gasteiger partial charge >= 0.3 is 24.2 Å². The van der Waals surface area contributed by atoms with Crippen LogP contribution in [0.4, 0.5) is 44.6 Å². The van der Waals surface area contributed by atoms with E-state index in [-0.39, 0.29) is 79.2 Å². The highest BCUT2D eigenvalue weighted by molar-refractivity contribution is 8.00. The molecule has 0 unspecified atom stereocenters. The van der Waals surface area contributed by atoms with Crippen molar-refractivity contribution >= 4 is 100 Å². The van der Waals surface area contributed by atoms with Crippen molar-refractivity contribution in [1.82, 2.24) is 26.1 Å². The molecular weight excluding hydrogens is 1090 g/mol. The van der Waals surface area contributed by atoms with E-state index in [2.05, 4.69) is 30.8 Å². The van der Waals surface area contributed by atoms with Gasteiger partial charge in [-0.1, -0.05) is 23.4 Å². The van der Waals surface area contributed by atoms with Gasteiger partial charge in [0.15, 0.2) is 5.82 Å². The minimum absolute atomic E-state index is 0.00267. The minimum atomic E-state index is -0.597. The third kappa shape index (κ3) is 17.6. The molecule has 3 saturated heterocycles. The molecule has 27 heteroatoms. The number of halogens is 3. The van der Waals surface area contributed by atoms with Gasteiger partial charge in [0, 0.05) is 41.0 Å². The van der Waals surface area contributed by atoms with E-state index in [1.165, 1.54) is 91.6 Å². The first-order valence-corrected chi connectivity index (χ1v) is 26.6. The fourth-order valence-corrected chi connectivity index (χ4v) is 9.38. The second kappa shape index (κ2) is 28.6. The van der Waals surface area contributed by atoms with Crippen molar-refractivity contribution < 1.29 is 75.0 Å². The van der Waals surface area contributed by atoms with Gasteiger partial charge < -0.3 is 39.4 Å². The summed E-state index contributed by atoms with van der Waals surface area (Å²) in [6, 6.07) is 22.6. The molecule has 0 aliphatic carbocycles. The number of methoxy groups -OCH3 is 1. The standard InChI is InChI=1S/C21H19FN4O4S.C15H17FN2O5S.C15H17FN2O4S/c1-13(27)23-10-16-11-26(21(28)29-16)15-7-8-18(17(22)9-15)31-12-19-24-20(30-25-19)14-5-3-2-4-6-14;1-9(19)17-6-11-7-18(15(21)23-11)10-3-4-13(12(16)5-10)24-8-14(20)22-2;1-9(19)8-23-14-4-3-11(5-13(14)16)18-7-12(22-15(18)21)6-17-10(2)20/h2-9,16H,10-12H2,1H3,(H,23,27);3-5,11H,6-8H2,1-2H3,(H,17,19);3-5,12H,6-8H2,1-2H3,(H,17,20)/t16-;11-;12-/m000/s1. The summed E-state index contributed by atoms with van der Waals surface area (Å²) < 4.78 is 68.1. The lowest BCUT2D eigenvalue weighted by Gasteiger charge is -2.14. The number of nitrogens with zero attached hydrogens (tertiary/aromatic N) is 5. The molecule has 3 aliphatic rings. The summed E-state index contributed by atoms with van der Waals surface area (Å²) in [5, 5.41) is 11.7. The molecule has 5 aromatic rings. The van der Waals surface area contributed by atoms with E-state index < -0.39 is 60.0 Å². The number of hydrogen-bond acceptors (Lipinski definition) is 18. The number of carbonyl (C=O) groups is 8. The zero-order valence-corrected chi connectivity index (χ0v) is 45.0. The molecule has 8 rings (SSSR count). The number of esters is 1. The van der Waals surface area contributed by atoms with Crippen LogP contribution in [0.15, 0.2) is 104 Å². The van der Waals surface area contributed by atoms with Crippen LogP contribution < -0.4 is 30.7 Å². The zero-order chi connectivity index (χ0) is 56.5. The molecule has 4 heterocycles. The molecule has 3 N–H and O–H groups in total. The van der Waals surface area contributed by atoms with Crippen LogP contribution in [-0.4, -0.2) is 134 Å². The molecule has 0 bridgehead atoms. The Balaban J connectivity index is 0.000000192. The third-order valence-electron chi connectivity index (χ3n) is 10.9. The predicted molar refractivity (Wildman–Crippen MR) is 282 cm³/mol. The Hall–Kier alpha value is -7.78. The summed E-state index contributed by atoms with van der Waals surface area (Å²) >= 11 is 3.35. The number of Topliss-reactive ketones (excluding diaryl/α,β-unsaturated/α-hetero) is 1. The number of carbonyl (C=O) groups excluding carboxylic acids is 8. The average molecular weight is 1140 g/mol. The van der Waals surface area contributed by atoms with Crippen LogP contribution >= 0.6 is 35.3 Å².